The number of hydrogen-bond acceptors (Lipinski definition) is 5. The number of nitrogens with one attached hydrogen (secondary N) is 2. The number of rotatable bonds is 4. The lowest BCUT2D eigenvalue weighted by Crippen LogP contribution is -2.44. The molecule has 0 aliphatic heterocycles. The fourth-order valence-electron chi connectivity index (χ4n) is 2.65. The Morgan fingerprint density at radius 2 is 2.17 bits per heavy atom. The van der Waals surface area contributed by atoms with E-state index in [-0.39, 0.29) is 0 Å². The lowest BCUT2D eigenvalue weighted by molar-refractivity contribution is -0.398. The van der Waals surface area contributed by atoms with E-state index in [9.17, 15) is 15.2 Å². The van der Waals surface area contributed by atoms with Crippen LogP contribution in [0.25, 0.3) is 0 Å². The summed E-state index contributed by atoms with van der Waals surface area (Å²) in [7, 11) is 0. The second kappa shape index (κ2) is 7.87. The van der Waals surface area contributed by atoms with Crippen LogP contribution in [0.5, 0.6) is 5.75 Å². The molecule has 1 aliphatic carbocycles. The second-order valence-electron chi connectivity index (χ2n) is 5.70. The van der Waals surface area contributed by atoms with Gasteiger partial charge in [-0.3, -0.25) is 15.5 Å². The van der Waals surface area contributed by atoms with Gasteiger partial charge in [0.05, 0.1) is 11.1 Å². The molecule has 2 N–H and O–H groups in total. The lowest BCUT2D eigenvalue weighted by Gasteiger charge is -2.30. The summed E-state index contributed by atoms with van der Waals surface area (Å²) in [4.78, 5) is 10.0. The first-order valence-electron chi connectivity index (χ1n) is 7.52. The topological polar surface area (TPSA) is 103 Å². The standard InChI is InChI=1S/C15H20N4O3S/c1-10-4-2-3-5-12(10)17-15(23)18-16-9-11-6-7-14(20)13(8-11)19(21)22/h6-10,12,20H,2-5H2,1H3,(H2,17,18,23)/p-1/b16-9-/t10-,12+/m0/s1. The van der Waals surface area contributed by atoms with E-state index >= 15 is 0 Å². The van der Waals surface area contributed by atoms with Gasteiger partial charge < -0.3 is 10.4 Å². The molecule has 0 amide bonds. The van der Waals surface area contributed by atoms with Crippen molar-refractivity contribution < 1.29 is 10.0 Å². The number of nitro groups is 1. The van der Waals surface area contributed by atoms with E-state index in [0.717, 1.165) is 12.5 Å². The van der Waals surface area contributed by atoms with Crippen LogP contribution in [0, 0.1) is 16.0 Å². The van der Waals surface area contributed by atoms with Gasteiger partial charge in [0.15, 0.2) is 5.11 Å². The van der Waals surface area contributed by atoms with Crippen LogP contribution in [0.15, 0.2) is 23.3 Å². The summed E-state index contributed by atoms with van der Waals surface area (Å²) >= 11 is 5.20. The number of hydrogen-bond donors (Lipinski definition) is 2. The van der Waals surface area contributed by atoms with E-state index in [1.807, 2.05) is 0 Å². The molecular formula is C15H19N4O3S-. The van der Waals surface area contributed by atoms with Crippen molar-refractivity contribution in [3.8, 4) is 5.75 Å². The molecule has 0 heterocycles. The zero-order chi connectivity index (χ0) is 16.8. The Labute approximate surface area is 139 Å². The molecule has 8 heteroatoms. The zero-order valence-corrected chi connectivity index (χ0v) is 13.6. The minimum atomic E-state index is -0.705. The summed E-state index contributed by atoms with van der Waals surface area (Å²) in [6.07, 6.45) is 6.12. The van der Waals surface area contributed by atoms with Crippen molar-refractivity contribution in [3.05, 3.63) is 33.9 Å². The molecule has 1 saturated carbocycles. The first-order chi connectivity index (χ1) is 11.0. The van der Waals surface area contributed by atoms with Crippen molar-refractivity contribution in [2.75, 3.05) is 0 Å². The predicted octanol–water partition coefficient (Wildman–Crippen LogP) is 2.05. The SMILES string of the molecule is C[C@H]1CCCC[C@H]1NC(=S)N/N=C\c1ccc([O-])c([N+](=O)[O-])c1. The average Bonchev–Trinajstić information content (AvgIpc) is 2.51. The van der Waals surface area contributed by atoms with E-state index in [1.165, 1.54) is 37.6 Å². The summed E-state index contributed by atoms with van der Waals surface area (Å²) in [5.74, 6) is -0.0525. The van der Waals surface area contributed by atoms with Crippen molar-refractivity contribution in [3.63, 3.8) is 0 Å². The maximum absolute atomic E-state index is 11.3. The fourth-order valence-corrected chi connectivity index (χ4v) is 2.86. The molecule has 0 aromatic heterocycles. The smallest absolute Gasteiger partial charge is 0.262 e. The quantitative estimate of drug-likeness (QED) is 0.378. The third kappa shape index (κ3) is 4.88. The molecular weight excluding hydrogens is 316 g/mol. The average molecular weight is 335 g/mol. The van der Waals surface area contributed by atoms with Gasteiger partial charge in [0.1, 0.15) is 0 Å². The third-order valence-corrected chi connectivity index (χ3v) is 4.20. The molecule has 1 fully saturated rings. The van der Waals surface area contributed by atoms with E-state index in [0.29, 0.717) is 22.6 Å². The predicted molar refractivity (Wildman–Crippen MR) is 90.4 cm³/mol. The van der Waals surface area contributed by atoms with Gasteiger partial charge in [-0.1, -0.05) is 31.9 Å². The number of nitrogens with zero attached hydrogens (tertiary/aromatic N) is 2. The van der Waals surface area contributed by atoms with Gasteiger partial charge in [-0.15, -0.1) is 0 Å². The Morgan fingerprint density at radius 1 is 1.43 bits per heavy atom. The Morgan fingerprint density at radius 3 is 2.87 bits per heavy atom. The van der Waals surface area contributed by atoms with Gasteiger partial charge in [0.25, 0.3) is 5.69 Å². The van der Waals surface area contributed by atoms with Crippen LogP contribution in [-0.2, 0) is 0 Å². The molecule has 1 aromatic rings. The minimum Gasteiger partial charge on any atom is -0.868 e. The van der Waals surface area contributed by atoms with Crippen molar-refractivity contribution in [2.45, 2.75) is 38.6 Å². The minimum absolute atomic E-state index is 0.347. The molecule has 0 unspecified atom stereocenters. The number of hydrazone groups is 1. The van der Waals surface area contributed by atoms with Crippen molar-refractivity contribution in [1.82, 2.24) is 10.7 Å². The number of thiocarbonyl (C=S) groups is 1. The monoisotopic (exact) mass is 335 g/mol. The van der Waals surface area contributed by atoms with Crippen LogP contribution >= 0.6 is 12.2 Å². The van der Waals surface area contributed by atoms with E-state index in [1.54, 1.807) is 0 Å². The van der Waals surface area contributed by atoms with Gasteiger partial charge in [-0.2, -0.15) is 5.10 Å². The number of benzene rings is 1. The van der Waals surface area contributed by atoms with Crippen LogP contribution < -0.4 is 15.8 Å². The molecule has 124 valence electrons. The van der Waals surface area contributed by atoms with Gasteiger partial charge >= 0.3 is 0 Å². The molecule has 2 rings (SSSR count). The lowest BCUT2D eigenvalue weighted by atomic mass is 9.86. The van der Waals surface area contributed by atoms with Crippen LogP contribution in [0.1, 0.15) is 38.2 Å². The Bertz CT molecular complexity index is 621. The van der Waals surface area contributed by atoms with Crippen LogP contribution in [0.3, 0.4) is 0 Å². The molecule has 1 aromatic carbocycles. The Balaban J connectivity index is 1.89. The molecule has 0 bridgehead atoms. The molecule has 7 nitrogen and oxygen atoms in total. The molecule has 0 radical (unpaired) electrons. The fraction of sp³-hybridized carbons (Fsp3) is 0.467. The van der Waals surface area contributed by atoms with Gasteiger partial charge in [-0.25, -0.2) is 0 Å². The van der Waals surface area contributed by atoms with Crippen LogP contribution in [-0.4, -0.2) is 22.3 Å². The van der Waals surface area contributed by atoms with Crippen molar-refractivity contribution in [1.29, 1.82) is 0 Å². The second-order valence-corrected chi connectivity index (χ2v) is 6.10. The summed E-state index contributed by atoms with van der Waals surface area (Å²) in [5, 5.41) is 29.7. The normalized spacial score (nSPS) is 21.1. The van der Waals surface area contributed by atoms with Crippen LogP contribution in [0.4, 0.5) is 5.69 Å². The Hall–Kier alpha value is -2.22. The zero-order valence-electron chi connectivity index (χ0n) is 12.8. The first kappa shape index (κ1) is 17.1. The maximum atomic E-state index is 11.3. The molecule has 0 saturated heterocycles. The van der Waals surface area contributed by atoms with Gasteiger partial charge in [0.2, 0.25) is 0 Å². The summed E-state index contributed by atoms with van der Waals surface area (Å²) in [6, 6.07) is 4.16. The summed E-state index contributed by atoms with van der Waals surface area (Å²) < 4.78 is 0. The van der Waals surface area contributed by atoms with E-state index in [2.05, 4.69) is 22.8 Å². The van der Waals surface area contributed by atoms with Gasteiger partial charge in [0, 0.05) is 17.7 Å². The van der Waals surface area contributed by atoms with Crippen molar-refractivity contribution >= 4 is 29.2 Å². The maximum Gasteiger partial charge on any atom is 0.262 e. The highest BCUT2D eigenvalue weighted by molar-refractivity contribution is 7.80. The van der Waals surface area contributed by atoms with E-state index in [4.69, 9.17) is 12.2 Å². The highest BCUT2D eigenvalue weighted by atomic mass is 32.1. The first-order valence-corrected chi connectivity index (χ1v) is 7.93. The largest absolute Gasteiger partial charge is 0.868 e. The molecule has 23 heavy (non-hydrogen) atoms. The van der Waals surface area contributed by atoms with Crippen LogP contribution in [0.2, 0.25) is 0 Å². The third-order valence-electron chi connectivity index (χ3n) is 3.99. The Kier molecular flexibility index (Phi) is 5.86. The van der Waals surface area contributed by atoms with E-state index < -0.39 is 16.4 Å². The molecule has 2 atom stereocenters. The molecule has 0 spiro atoms. The van der Waals surface area contributed by atoms with Gasteiger partial charge in [-0.05, 0) is 36.7 Å². The molecule has 1 aliphatic rings. The van der Waals surface area contributed by atoms with Crippen molar-refractivity contribution in [2.24, 2.45) is 11.0 Å². The highest BCUT2D eigenvalue weighted by Crippen LogP contribution is 2.24. The number of nitro benzene ring substituents is 1. The summed E-state index contributed by atoms with van der Waals surface area (Å²) in [5.41, 5.74) is 2.69. The summed E-state index contributed by atoms with van der Waals surface area (Å²) in [6.45, 7) is 2.20. The highest BCUT2D eigenvalue weighted by Gasteiger charge is 2.21.